The van der Waals surface area contributed by atoms with Crippen LogP contribution in [0.15, 0.2) is 0 Å². The van der Waals surface area contributed by atoms with Crippen molar-refractivity contribution in [3.05, 3.63) is 0 Å². The van der Waals surface area contributed by atoms with Crippen LogP contribution in [0.4, 0.5) is 0 Å². The Morgan fingerprint density at radius 3 is 2.27 bits per heavy atom. The maximum absolute atomic E-state index is 10.9. The van der Waals surface area contributed by atoms with Gasteiger partial charge in [0.05, 0.1) is 0 Å². The molecule has 1 rings (SSSR count). The maximum atomic E-state index is 10.9. The monoisotopic (exact) mass is 156 g/mol. The van der Waals surface area contributed by atoms with Gasteiger partial charge in [-0.1, -0.05) is 0 Å². The van der Waals surface area contributed by atoms with Crippen molar-refractivity contribution in [1.82, 2.24) is 5.32 Å². The van der Waals surface area contributed by atoms with Gasteiger partial charge < -0.3 is 11.1 Å². The van der Waals surface area contributed by atoms with Crippen molar-refractivity contribution in [2.75, 3.05) is 7.05 Å². The van der Waals surface area contributed by atoms with Crippen molar-refractivity contribution >= 4 is 11.8 Å². The van der Waals surface area contributed by atoms with Crippen LogP contribution in [-0.2, 0) is 9.59 Å². The van der Waals surface area contributed by atoms with E-state index in [1.165, 1.54) is 0 Å². The van der Waals surface area contributed by atoms with Crippen LogP contribution >= 0.6 is 0 Å². The summed E-state index contributed by atoms with van der Waals surface area (Å²) in [5.74, 6) is -0.331. The Morgan fingerprint density at radius 1 is 1.36 bits per heavy atom. The van der Waals surface area contributed by atoms with E-state index in [0.29, 0.717) is 12.8 Å². The molecule has 1 saturated carbocycles. The molecule has 0 saturated heterocycles. The molecule has 0 spiro atoms. The molecule has 0 aliphatic heterocycles. The molecule has 0 atom stereocenters. The van der Waals surface area contributed by atoms with Crippen molar-refractivity contribution in [3.63, 3.8) is 0 Å². The second-order valence-corrected chi connectivity index (χ2v) is 2.88. The molecule has 4 heteroatoms. The van der Waals surface area contributed by atoms with Gasteiger partial charge in [0, 0.05) is 18.9 Å². The van der Waals surface area contributed by atoms with Gasteiger partial charge in [0.2, 0.25) is 11.8 Å². The highest BCUT2D eigenvalue weighted by atomic mass is 16.2. The fourth-order valence-corrected chi connectivity index (χ4v) is 1.27. The van der Waals surface area contributed by atoms with Gasteiger partial charge in [0.15, 0.2) is 0 Å². The third kappa shape index (κ3) is 1.50. The van der Waals surface area contributed by atoms with Gasteiger partial charge in [-0.05, 0) is 12.8 Å². The summed E-state index contributed by atoms with van der Waals surface area (Å²) in [4.78, 5) is 21.4. The first-order chi connectivity index (χ1) is 5.15. The van der Waals surface area contributed by atoms with Crippen molar-refractivity contribution < 1.29 is 9.59 Å². The van der Waals surface area contributed by atoms with E-state index in [1.54, 1.807) is 7.05 Å². The Kier molecular flexibility index (Phi) is 2.12. The predicted octanol–water partition coefficient (Wildman–Crippen LogP) is -0.756. The number of carbonyl (C=O) groups is 2. The Balaban J connectivity index is 2.29. The second-order valence-electron chi connectivity index (χ2n) is 2.88. The van der Waals surface area contributed by atoms with E-state index in [4.69, 9.17) is 5.73 Å². The van der Waals surface area contributed by atoms with Gasteiger partial charge in [-0.25, -0.2) is 0 Å². The van der Waals surface area contributed by atoms with Crippen LogP contribution in [0.3, 0.4) is 0 Å². The molecule has 0 aromatic heterocycles. The predicted molar refractivity (Wildman–Crippen MR) is 39.5 cm³/mol. The maximum Gasteiger partial charge on any atom is 0.222 e. The lowest BCUT2D eigenvalue weighted by Crippen LogP contribution is -2.42. The molecule has 0 heterocycles. The topological polar surface area (TPSA) is 72.2 Å². The van der Waals surface area contributed by atoms with Gasteiger partial charge >= 0.3 is 0 Å². The average molecular weight is 156 g/mol. The van der Waals surface area contributed by atoms with Gasteiger partial charge in [0.25, 0.3) is 0 Å². The van der Waals surface area contributed by atoms with Crippen LogP contribution in [0.2, 0.25) is 0 Å². The number of hydrogen-bond donors (Lipinski definition) is 2. The Labute approximate surface area is 65.1 Å². The third-order valence-electron chi connectivity index (χ3n) is 2.16. The fourth-order valence-electron chi connectivity index (χ4n) is 1.27. The largest absolute Gasteiger partial charge is 0.369 e. The van der Waals surface area contributed by atoms with Crippen molar-refractivity contribution in [2.24, 2.45) is 17.6 Å². The third-order valence-corrected chi connectivity index (χ3v) is 2.16. The summed E-state index contributed by atoms with van der Waals surface area (Å²) < 4.78 is 0. The Morgan fingerprint density at radius 2 is 1.91 bits per heavy atom. The first kappa shape index (κ1) is 8.04. The highest BCUT2D eigenvalue weighted by molar-refractivity contribution is 5.84. The van der Waals surface area contributed by atoms with Gasteiger partial charge in [0.1, 0.15) is 0 Å². The lowest BCUT2D eigenvalue weighted by atomic mass is 9.74. The quantitative estimate of drug-likeness (QED) is 0.551. The van der Waals surface area contributed by atoms with E-state index in [0.717, 1.165) is 0 Å². The standard InChI is InChI=1S/C7H12N2O2/c1-9-7(11)5-2-4(3-5)6(8)10/h4-5H,2-3H2,1H3,(H2,8,10)(H,9,11). The summed E-state index contributed by atoms with van der Waals surface area (Å²) in [6.07, 6.45) is 1.24. The number of nitrogens with two attached hydrogens (primary N) is 1. The van der Waals surface area contributed by atoms with Crippen LogP contribution in [0.5, 0.6) is 0 Å². The number of primary amides is 1. The highest BCUT2D eigenvalue weighted by Crippen LogP contribution is 2.33. The second kappa shape index (κ2) is 2.90. The molecule has 2 amide bonds. The van der Waals surface area contributed by atoms with Crippen LogP contribution < -0.4 is 11.1 Å². The van der Waals surface area contributed by atoms with Crippen LogP contribution in [-0.4, -0.2) is 18.9 Å². The highest BCUT2D eigenvalue weighted by Gasteiger charge is 2.36. The van der Waals surface area contributed by atoms with Crippen molar-refractivity contribution in [3.8, 4) is 0 Å². The molecule has 1 fully saturated rings. The van der Waals surface area contributed by atoms with Crippen LogP contribution in [0.25, 0.3) is 0 Å². The smallest absolute Gasteiger partial charge is 0.222 e. The van der Waals surface area contributed by atoms with E-state index < -0.39 is 0 Å². The summed E-state index contributed by atoms with van der Waals surface area (Å²) in [5.41, 5.74) is 5.03. The molecule has 3 N–H and O–H groups in total. The number of rotatable bonds is 2. The van der Waals surface area contributed by atoms with E-state index in [9.17, 15) is 9.59 Å². The number of carbonyl (C=O) groups excluding carboxylic acids is 2. The van der Waals surface area contributed by atoms with Gasteiger partial charge in [-0.2, -0.15) is 0 Å². The first-order valence-electron chi connectivity index (χ1n) is 3.66. The molecule has 0 radical (unpaired) electrons. The lowest BCUT2D eigenvalue weighted by molar-refractivity contribution is -0.133. The molecule has 4 nitrogen and oxygen atoms in total. The summed E-state index contributed by atoms with van der Waals surface area (Å²) >= 11 is 0. The van der Waals surface area contributed by atoms with Crippen molar-refractivity contribution in [2.45, 2.75) is 12.8 Å². The number of amides is 2. The lowest BCUT2D eigenvalue weighted by Gasteiger charge is -2.31. The van der Waals surface area contributed by atoms with E-state index in [1.807, 2.05) is 0 Å². The molecule has 0 aromatic carbocycles. The van der Waals surface area contributed by atoms with E-state index in [2.05, 4.69) is 5.32 Å². The van der Waals surface area contributed by atoms with Gasteiger partial charge in [-0.15, -0.1) is 0 Å². The number of nitrogens with one attached hydrogen (secondary N) is 1. The number of hydrogen-bond acceptors (Lipinski definition) is 2. The summed E-state index contributed by atoms with van der Waals surface area (Å²) in [7, 11) is 1.60. The zero-order valence-electron chi connectivity index (χ0n) is 6.46. The summed E-state index contributed by atoms with van der Waals surface area (Å²) in [5, 5.41) is 2.54. The Hall–Kier alpha value is -1.06. The average Bonchev–Trinajstić information content (AvgIpc) is 1.83. The van der Waals surface area contributed by atoms with Gasteiger partial charge in [-0.3, -0.25) is 9.59 Å². The summed E-state index contributed by atoms with van der Waals surface area (Å²) in [6.45, 7) is 0. The van der Waals surface area contributed by atoms with Crippen LogP contribution in [0.1, 0.15) is 12.8 Å². The minimum Gasteiger partial charge on any atom is -0.369 e. The minimum absolute atomic E-state index is 0.0116. The molecule has 11 heavy (non-hydrogen) atoms. The molecule has 0 unspecified atom stereocenters. The molecule has 1 aliphatic rings. The molecule has 1 aliphatic carbocycles. The Bertz CT molecular complexity index is 185. The minimum atomic E-state index is -0.287. The van der Waals surface area contributed by atoms with Crippen LogP contribution in [0, 0.1) is 11.8 Å². The first-order valence-corrected chi connectivity index (χ1v) is 3.66. The van der Waals surface area contributed by atoms with Crippen molar-refractivity contribution in [1.29, 1.82) is 0 Å². The molecule has 0 aromatic rings. The zero-order valence-corrected chi connectivity index (χ0v) is 6.46. The molecular formula is C7H12N2O2. The molecule has 0 bridgehead atoms. The normalized spacial score (nSPS) is 28.8. The SMILES string of the molecule is CNC(=O)C1CC(C(N)=O)C1. The van der Waals surface area contributed by atoms with E-state index >= 15 is 0 Å². The van der Waals surface area contributed by atoms with E-state index in [-0.39, 0.29) is 23.7 Å². The summed E-state index contributed by atoms with van der Waals surface area (Å²) in [6, 6.07) is 0. The molecule has 62 valence electrons. The zero-order chi connectivity index (χ0) is 8.43. The molecular weight excluding hydrogens is 144 g/mol. The fraction of sp³-hybridized carbons (Fsp3) is 0.714.